The zero-order valence-corrected chi connectivity index (χ0v) is 18.9. The molecule has 0 unspecified atom stereocenters. The Hall–Kier alpha value is -1.56. The van der Waals surface area contributed by atoms with Crippen LogP contribution in [0.5, 0.6) is 0 Å². The highest BCUT2D eigenvalue weighted by Gasteiger charge is 2.51. The highest BCUT2D eigenvalue weighted by Crippen LogP contribution is 2.55. The first kappa shape index (κ1) is 20.7. The topological polar surface area (TPSA) is 66.5 Å². The van der Waals surface area contributed by atoms with Crippen LogP contribution in [-0.4, -0.2) is 32.7 Å². The molecule has 4 saturated carbocycles. The first-order valence-electron chi connectivity index (χ1n) is 10.8. The first-order chi connectivity index (χ1) is 13.4. The van der Waals surface area contributed by atoms with E-state index in [0.29, 0.717) is 5.69 Å². The summed E-state index contributed by atoms with van der Waals surface area (Å²) < 4.78 is 26.1. The van der Waals surface area contributed by atoms with E-state index in [4.69, 9.17) is 0 Å². The molecule has 1 N–H and O–H groups in total. The molecular formula is C23H34N2O3S. The number of hydrogen-bond acceptors (Lipinski definition) is 3. The predicted molar refractivity (Wildman–Crippen MR) is 116 cm³/mol. The molecule has 0 atom stereocenters. The van der Waals surface area contributed by atoms with Gasteiger partial charge in [-0.2, -0.15) is 0 Å². The number of sulfonamides is 1. The van der Waals surface area contributed by atoms with Crippen molar-refractivity contribution in [2.24, 2.45) is 17.8 Å². The number of nitrogens with one attached hydrogen (secondary N) is 1. The Bertz CT molecular complexity index is 848. The van der Waals surface area contributed by atoms with Crippen LogP contribution in [0.4, 0.5) is 5.69 Å². The SMILES string of the molecule is CC(C)(C)c1ccc(N(CC(=O)NC23CC4CC(CC(C4)C2)C3)S(C)(=O)=O)cc1. The summed E-state index contributed by atoms with van der Waals surface area (Å²) >= 11 is 0. The molecule has 5 nitrogen and oxygen atoms in total. The second-order valence-electron chi connectivity index (χ2n) is 10.8. The van der Waals surface area contributed by atoms with Crippen LogP contribution in [-0.2, 0) is 20.2 Å². The molecule has 4 bridgehead atoms. The minimum atomic E-state index is -3.55. The lowest BCUT2D eigenvalue weighted by atomic mass is 9.53. The molecule has 4 aliphatic rings. The van der Waals surface area contributed by atoms with Crippen LogP contribution >= 0.6 is 0 Å². The van der Waals surface area contributed by atoms with Crippen molar-refractivity contribution in [2.45, 2.75) is 70.3 Å². The van der Waals surface area contributed by atoms with E-state index >= 15 is 0 Å². The molecule has 29 heavy (non-hydrogen) atoms. The Morgan fingerprint density at radius 3 is 1.93 bits per heavy atom. The lowest BCUT2D eigenvalue weighted by Gasteiger charge is -2.57. The van der Waals surface area contributed by atoms with Crippen molar-refractivity contribution in [3.8, 4) is 0 Å². The second kappa shape index (κ2) is 7.00. The molecule has 4 fully saturated rings. The summed E-state index contributed by atoms with van der Waals surface area (Å²) in [6.07, 6.45) is 8.28. The van der Waals surface area contributed by atoms with Crippen LogP contribution < -0.4 is 9.62 Å². The number of benzene rings is 1. The lowest BCUT2D eigenvalue weighted by Crippen LogP contribution is -2.61. The molecule has 1 amide bonds. The molecular weight excluding hydrogens is 384 g/mol. The highest BCUT2D eigenvalue weighted by atomic mass is 32.2. The predicted octanol–water partition coefficient (Wildman–Crippen LogP) is 3.84. The van der Waals surface area contributed by atoms with Crippen LogP contribution in [0.3, 0.4) is 0 Å². The maximum absolute atomic E-state index is 13.0. The molecule has 4 aliphatic carbocycles. The average Bonchev–Trinajstić information content (AvgIpc) is 2.56. The molecule has 0 heterocycles. The first-order valence-corrected chi connectivity index (χ1v) is 12.7. The third-order valence-corrected chi connectivity index (χ3v) is 8.29. The monoisotopic (exact) mass is 418 g/mol. The fraction of sp³-hybridized carbons (Fsp3) is 0.696. The molecule has 0 saturated heterocycles. The molecule has 1 aromatic rings. The van der Waals surface area contributed by atoms with Crippen molar-refractivity contribution in [3.63, 3.8) is 0 Å². The Morgan fingerprint density at radius 2 is 1.52 bits per heavy atom. The van der Waals surface area contributed by atoms with Gasteiger partial charge in [-0.15, -0.1) is 0 Å². The molecule has 6 heteroatoms. The van der Waals surface area contributed by atoms with Crippen molar-refractivity contribution >= 4 is 21.6 Å². The van der Waals surface area contributed by atoms with E-state index in [1.807, 2.05) is 12.1 Å². The van der Waals surface area contributed by atoms with Gasteiger partial charge in [0.05, 0.1) is 11.9 Å². The zero-order valence-electron chi connectivity index (χ0n) is 18.1. The fourth-order valence-electron chi connectivity index (χ4n) is 6.26. The van der Waals surface area contributed by atoms with Gasteiger partial charge in [-0.25, -0.2) is 8.42 Å². The van der Waals surface area contributed by atoms with Gasteiger partial charge < -0.3 is 5.32 Å². The summed E-state index contributed by atoms with van der Waals surface area (Å²) in [4.78, 5) is 13.0. The molecule has 160 valence electrons. The largest absolute Gasteiger partial charge is 0.349 e. The summed E-state index contributed by atoms with van der Waals surface area (Å²) in [5.41, 5.74) is 1.56. The average molecular weight is 419 g/mol. The Balaban J connectivity index is 1.50. The zero-order chi connectivity index (χ0) is 21.0. The van der Waals surface area contributed by atoms with Gasteiger partial charge in [-0.1, -0.05) is 32.9 Å². The van der Waals surface area contributed by atoms with Crippen molar-refractivity contribution < 1.29 is 13.2 Å². The van der Waals surface area contributed by atoms with Gasteiger partial charge in [0.15, 0.2) is 0 Å². The van der Waals surface area contributed by atoms with Gasteiger partial charge in [-0.05, 0) is 79.4 Å². The molecule has 0 spiro atoms. The quantitative estimate of drug-likeness (QED) is 0.790. The molecule has 0 aromatic heterocycles. The molecule has 0 aliphatic heterocycles. The van der Waals surface area contributed by atoms with E-state index in [9.17, 15) is 13.2 Å². The summed E-state index contributed by atoms with van der Waals surface area (Å²) in [6, 6.07) is 7.51. The Labute approximate surface area is 175 Å². The number of anilines is 1. The smallest absolute Gasteiger partial charge is 0.241 e. The third kappa shape index (κ3) is 4.32. The minimum Gasteiger partial charge on any atom is -0.349 e. The van der Waals surface area contributed by atoms with Crippen molar-refractivity contribution in [3.05, 3.63) is 29.8 Å². The van der Waals surface area contributed by atoms with Crippen LogP contribution in [0.15, 0.2) is 24.3 Å². The van der Waals surface area contributed by atoms with Crippen LogP contribution in [0, 0.1) is 17.8 Å². The van der Waals surface area contributed by atoms with E-state index in [1.54, 1.807) is 12.1 Å². The number of rotatable bonds is 5. The highest BCUT2D eigenvalue weighted by molar-refractivity contribution is 7.92. The minimum absolute atomic E-state index is 0.00959. The maximum atomic E-state index is 13.0. The van der Waals surface area contributed by atoms with Crippen LogP contribution in [0.25, 0.3) is 0 Å². The van der Waals surface area contributed by atoms with E-state index in [1.165, 1.54) is 29.8 Å². The van der Waals surface area contributed by atoms with Crippen LogP contribution in [0.1, 0.15) is 64.9 Å². The number of hydrogen-bond donors (Lipinski definition) is 1. The normalized spacial score (nSPS) is 31.0. The van der Waals surface area contributed by atoms with Gasteiger partial charge in [0.2, 0.25) is 15.9 Å². The van der Waals surface area contributed by atoms with E-state index in [0.717, 1.165) is 42.6 Å². The Morgan fingerprint density at radius 1 is 1.03 bits per heavy atom. The number of nitrogens with zero attached hydrogens (tertiary/aromatic N) is 1. The van der Waals surface area contributed by atoms with Crippen molar-refractivity contribution in [2.75, 3.05) is 17.1 Å². The molecule has 1 aromatic carbocycles. The van der Waals surface area contributed by atoms with Crippen LogP contribution in [0.2, 0.25) is 0 Å². The van der Waals surface area contributed by atoms with Gasteiger partial charge in [0, 0.05) is 5.54 Å². The summed E-state index contributed by atoms with van der Waals surface area (Å²) in [6.45, 7) is 6.20. The third-order valence-electron chi connectivity index (χ3n) is 7.15. The Kier molecular flexibility index (Phi) is 5.00. The summed E-state index contributed by atoms with van der Waals surface area (Å²) in [5.74, 6) is 2.02. The maximum Gasteiger partial charge on any atom is 0.241 e. The van der Waals surface area contributed by atoms with Gasteiger partial charge >= 0.3 is 0 Å². The summed E-state index contributed by atoms with van der Waals surface area (Å²) in [7, 11) is -3.55. The van der Waals surface area contributed by atoms with Gasteiger partial charge in [0.25, 0.3) is 0 Å². The van der Waals surface area contributed by atoms with E-state index in [2.05, 4.69) is 26.1 Å². The number of amides is 1. The molecule has 0 radical (unpaired) electrons. The van der Waals surface area contributed by atoms with Gasteiger partial charge in [-0.3, -0.25) is 9.10 Å². The van der Waals surface area contributed by atoms with E-state index < -0.39 is 10.0 Å². The fourth-order valence-corrected chi connectivity index (χ4v) is 7.11. The summed E-state index contributed by atoms with van der Waals surface area (Å²) in [5, 5.41) is 3.29. The lowest BCUT2D eigenvalue weighted by molar-refractivity contribution is -0.125. The van der Waals surface area contributed by atoms with Gasteiger partial charge in [0.1, 0.15) is 6.54 Å². The standard InChI is InChI=1S/C23H34N2O3S/c1-22(2,3)19-5-7-20(8-6-19)25(29(4,27)28)15-21(26)24-23-12-16-9-17(13-23)11-18(10-16)14-23/h5-8,16-18H,9-15H2,1-4H3,(H,24,26). The van der Waals surface area contributed by atoms with E-state index in [-0.39, 0.29) is 23.4 Å². The van der Waals surface area contributed by atoms with Crippen molar-refractivity contribution in [1.82, 2.24) is 5.32 Å². The second-order valence-corrected chi connectivity index (χ2v) is 12.7. The van der Waals surface area contributed by atoms with Crippen molar-refractivity contribution in [1.29, 1.82) is 0 Å². The number of carbonyl (C=O) groups excluding carboxylic acids is 1. The molecule has 5 rings (SSSR count). The number of carbonyl (C=O) groups is 1.